The van der Waals surface area contributed by atoms with Gasteiger partial charge in [0.2, 0.25) is 11.8 Å². The van der Waals surface area contributed by atoms with E-state index < -0.39 is 0 Å². The van der Waals surface area contributed by atoms with Gasteiger partial charge in [0.15, 0.2) is 11.5 Å². The number of benzene rings is 2. The third-order valence-corrected chi connectivity index (χ3v) is 4.76. The number of ether oxygens (including phenoxy) is 3. The first kappa shape index (κ1) is 19.5. The van der Waals surface area contributed by atoms with Crippen molar-refractivity contribution in [3.8, 4) is 17.2 Å². The summed E-state index contributed by atoms with van der Waals surface area (Å²) >= 11 is 0. The van der Waals surface area contributed by atoms with E-state index in [1.807, 2.05) is 12.1 Å². The summed E-state index contributed by atoms with van der Waals surface area (Å²) in [6, 6.07) is 10.8. The predicted octanol–water partition coefficient (Wildman–Crippen LogP) is 2.63. The van der Waals surface area contributed by atoms with E-state index in [0.29, 0.717) is 42.4 Å². The van der Waals surface area contributed by atoms with E-state index in [9.17, 15) is 9.59 Å². The van der Waals surface area contributed by atoms with Gasteiger partial charge in [-0.2, -0.15) is 0 Å². The van der Waals surface area contributed by atoms with Crippen LogP contribution in [-0.4, -0.2) is 44.6 Å². The zero-order valence-corrected chi connectivity index (χ0v) is 16.3. The lowest BCUT2D eigenvalue weighted by Gasteiger charge is -2.29. The van der Waals surface area contributed by atoms with Gasteiger partial charge in [-0.15, -0.1) is 0 Å². The molecule has 0 bridgehead atoms. The van der Waals surface area contributed by atoms with Crippen molar-refractivity contribution >= 4 is 17.5 Å². The number of anilines is 1. The lowest BCUT2D eigenvalue weighted by Crippen LogP contribution is -2.37. The van der Waals surface area contributed by atoms with E-state index in [0.717, 1.165) is 11.1 Å². The minimum Gasteiger partial charge on any atom is -0.497 e. The first-order valence-electron chi connectivity index (χ1n) is 8.99. The molecule has 1 heterocycles. The van der Waals surface area contributed by atoms with Crippen molar-refractivity contribution in [3.63, 3.8) is 0 Å². The molecule has 2 amide bonds. The van der Waals surface area contributed by atoms with Crippen LogP contribution in [0.2, 0.25) is 0 Å². The molecule has 0 spiro atoms. The molecule has 0 aliphatic carbocycles. The van der Waals surface area contributed by atoms with Crippen LogP contribution >= 0.6 is 0 Å². The van der Waals surface area contributed by atoms with Crippen LogP contribution in [0.25, 0.3) is 0 Å². The molecular weight excluding hydrogens is 360 g/mol. The summed E-state index contributed by atoms with van der Waals surface area (Å²) in [5.41, 5.74) is 2.76. The monoisotopic (exact) mass is 384 g/mol. The topological polar surface area (TPSA) is 77.1 Å². The highest BCUT2D eigenvalue weighted by Crippen LogP contribution is 2.33. The average Bonchev–Trinajstić information content (AvgIpc) is 2.72. The first-order chi connectivity index (χ1) is 13.5. The van der Waals surface area contributed by atoms with Gasteiger partial charge in [-0.25, -0.2) is 0 Å². The molecule has 7 nitrogen and oxygen atoms in total. The van der Waals surface area contributed by atoms with E-state index in [2.05, 4.69) is 5.32 Å². The van der Waals surface area contributed by atoms with Crippen LogP contribution < -0.4 is 19.5 Å². The maximum Gasteiger partial charge on any atom is 0.233 e. The normalized spacial score (nSPS) is 12.8. The molecule has 0 aromatic heterocycles. The summed E-state index contributed by atoms with van der Waals surface area (Å²) in [7, 11) is 4.76. The predicted molar refractivity (Wildman–Crippen MR) is 105 cm³/mol. The molecule has 0 saturated heterocycles. The van der Waals surface area contributed by atoms with Crippen molar-refractivity contribution in [1.82, 2.24) is 4.90 Å². The second kappa shape index (κ2) is 8.65. The molecule has 2 aromatic rings. The number of nitrogens with zero attached hydrogens (tertiary/aromatic N) is 1. The van der Waals surface area contributed by atoms with Crippen molar-refractivity contribution in [2.24, 2.45) is 0 Å². The molecule has 1 aliphatic heterocycles. The molecule has 0 saturated carbocycles. The summed E-state index contributed by atoms with van der Waals surface area (Å²) in [6.07, 6.45) is 0.510. The van der Waals surface area contributed by atoms with Gasteiger partial charge in [0, 0.05) is 18.8 Å². The van der Waals surface area contributed by atoms with E-state index in [-0.39, 0.29) is 18.2 Å². The molecule has 1 aliphatic rings. The fraction of sp³-hybridized carbons (Fsp3) is 0.333. The fourth-order valence-electron chi connectivity index (χ4n) is 3.22. The van der Waals surface area contributed by atoms with Crippen LogP contribution in [0, 0.1) is 0 Å². The first-order valence-corrected chi connectivity index (χ1v) is 8.99. The molecule has 0 radical (unpaired) electrons. The van der Waals surface area contributed by atoms with Crippen LogP contribution in [0.5, 0.6) is 17.2 Å². The number of methoxy groups -OCH3 is 3. The molecule has 2 aromatic carbocycles. The van der Waals surface area contributed by atoms with Gasteiger partial charge in [-0.1, -0.05) is 0 Å². The fourth-order valence-corrected chi connectivity index (χ4v) is 3.22. The summed E-state index contributed by atoms with van der Waals surface area (Å²) in [5, 5.41) is 2.74. The maximum absolute atomic E-state index is 12.6. The van der Waals surface area contributed by atoms with Crippen LogP contribution in [0.3, 0.4) is 0 Å². The highest BCUT2D eigenvalue weighted by molar-refractivity contribution is 6.03. The average molecular weight is 384 g/mol. The van der Waals surface area contributed by atoms with Gasteiger partial charge in [-0.3, -0.25) is 9.59 Å². The number of carbonyl (C=O) groups excluding carboxylic acids is 2. The standard InChI is InChI=1S/C21H24N2O5/c1-26-17-6-4-16(5-7-17)22-20(24)12-21(25)23-9-8-14-10-18(27-2)19(28-3)11-15(14)13-23/h4-7,10-11H,8-9,12-13H2,1-3H3,(H,22,24). The van der Waals surface area contributed by atoms with E-state index >= 15 is 0 Å². The van der Waals surface area contributed by atoms with Crippen molar-refractivity contribution in [2.45, 2.75) is 19.4 Å². The summed E-state index contributed by atoms with van der Waals surface area (Å²) in [6.45, 7) is 1.02. The van der Waals surface area contributed by atoms with Crippen LogP contribution in [-0.2, 0) is 22.6 Å². The van der Waals surface area contributed by atoms with E-state index in [1.165, 1.54) is 0 Å². The van der Waals surface area contributed by atoms with Gasteiger partial charge < -0.3 is 24.4 Å². The second-order valence-electron chi connectivity index (χ2n) is 6.49. The second-order valence-corrected chi connectivity index (χ2v) is 6.49. The number of hydrogen-bond acceptors (Lipinski definition) is 5. The Morgan fingerprint density at radius 2 is 1.61 bits per heavy atom. The van der Waals surface area contributed by atoms with Crippen molar-refractivity contribution in [1.29, 1.82) is 0 Å². The Labute approximate surface area is 164 Å². The van der Waals surface area contributed by atoms with Crippen molar-refractivity contribution < 1.29 is 23.8 Å². The Morgan fingerprint density at radius 3 is 2.21 bits per heavy atom. The van der Waals surface area contributed by atoms with Crippen molar-refractivity contribution in [3.05, 3.63) is 47.5 Å². The summed E-state index contributed by atoms with van der Waals surface area (Å²) < 4.78 is 15.8. The third kappa shape index (κ3) is 4.36. The Bertz CT molecular complexity index is 864. The molecule has 3 rings (SSSR count). The Balaban J connectivity index is 1.61. The van der Waals surface area contributed by atoms with Crippen LogP contribution in [0.1, 0.15) is 17.5 Å². The Hall–Kier alpha value is -3.22. The summed E-state index contributed by atoms with van der Waals surface area (Å²) in [5.74, 6) is 1.47. The number of rotatable bonds is 6. The molecule has 148 valence electrons. The van der Waals surface area contributed by atoms with Gasteiger partial charge in [0.25, 0.3) is 0 Å². The highest BCUT2D eigenvalue weighted by atomic mass is 16.5. The number of carbonyl (C=O) groups is 2. The van der Waals surface area contributed by atoms with E-state index in [4.69, 9.17) is 14.2 Å². The van der Waals surface area contributed by atoms with Crippen molar-refractivity contribution in [2.75, 3.05) is 33.2 Å². The van der Waals surface area contributed by atoms with Gasteiger partial charge >= 0.3 is 0 Å². The van der Waals surface area contributed by atoms with Gasteiger partial charge in [0.1, 0.15) is 12.2 Å². The maximum atomic E-state index is 12.6. The smallest absolute Gasteiger partial charge is 0.233 e. The molecule has 28 heavy (non-hydrogen) atoms. The van der Waals surface area contributed by atoms with E-state index in [1.54, 1.807) is 50.5 Å². The third-order valence-electron chi connectivity index (χ3n) is 4.76. The molecule has 0 atom stereocenters. The lowest BCUT2D eigenvalue weighted by molar-refractivity contribution is -0.135. The number of hydrogen-bond donors (Lipinski definition) is 1. The molecule has 7 heteroatoms. The largest absolute Gasteiger partial charge is 0.497 e. The SMILES string of the molecule is COc1ccc(NC(=O)CC(=O)N2CCc3cc(OC)c(OC)cc3C2)cc1. The quantitative estimate of drug-likeness (QED) is 0.775. The number of amides is 2. The number of nitrogens with one attached hydrogen (secondary N) is 1. The minimum atomic E-state index is -0.340. The van der Waals surface area contributed by atoms with Crippen LogP contribution in [0.15, 0.2) is 36.4 Å². The lowest BCUT2D eigenvalue weighted by atomic mass is 9.98. The highest BCUT2D eigenvalue weighted by Gasteiger charge is 2.24. The van der Waals surface area contributed by atoms with Gasteiger partial charge in [-0.05, 0) is 53.9 Å². The Morgan fingerprint density at radius 1 is 0.964 bits per heavy atom. The Kier molecular flexibility index (Phi) is 6.03. The molecule has 0 fully saturated rings. The zero-order chi connectivity index (χ0) is 20.1. The summed E-state index contributed by atoms with van der Waals surface area (Å²) in [4.78, 5) is 26.5. The molecular formula is C21H24N2O5. The number of fused-ring (bicyclic) bond motifs is 1. The molecule has 1 N–H and O–H groups in total. The molecule has 0 unspecified atom stereocenters. The van der Waals surface area contributed by atoms with Gasteiger partial charge in [0.05, 0.1) is 21.3 Å². The van der Waals surface area contributed by atoms with Crippen LogP contribution in [0.4, 0.5) is 5.69 Å². The zero-order valence-electron chi connectivity index (χ0n) is 16.3. The minimum absolute atomic E-state index is 0.200.